The second-order valence-corrected chi connectivity index (χ2v) is 7.52. The molecule has 2 saturated heterocycles. The van der Waals surface area contributed by atoms with Gasteiger partial charge in [-0.25, -0.2) is 0 Å². The van der Waals surface area contributed by atoms with Crippen LogP contribution in [0.1, 0.15) is 27.9 Å². The first-order valence-electron chi connectivity index (χ1n) is 9.13. The first-order valence-corrected chi connectivity index (χ1v) is 9.13. The number of carbonyl (C=O) groups is 1. The molecule has 24 heavy (non-hydrogen) atoms. The Hall–Kier alpha value is -1.43. The fourth-order valence-corrected chi connectivity index (χ4v) is 4.34. The van der Waals surface area contributed by atoms with Crippen LogP contribution in [0, 0.1) is 0 Å². The molecular formula is C19H27N3O2. The zero-order chi connectivity index (χ0) is 16.7. The summed E-state index contributed by atoms with van der Waals surface area (Å²) in [5.41, 5.74) is 3.50. The zero-order valence-corrected chi connectivity index (χ0v) is 14.4. The molecule has 0 saturated carbocycles. The largest absolute Gasteiger partial charge is 0.390 e. The van der Waals surface area contributed by atoms with Crippen molar-refractivity contribution in [3.8, 4) is 0 Å². The molecule has 0 unspecified atom stereocenters. The minimum Gasteiger partial charge on any atom is -0.390 e. The lowest BCUT2D eigenvalue weighted by atomic mass is 10.1. The van der Waals surface area contributed by atoms with E-state index in [4.69, 9.17) is 0 Å². The van der Waals surface area contributed by atoms with E-state index in [0.717, 1.165) is 44.6 Å². The number of carbonyl (C=O) groups excluding carboxylic acids is 1. The number of amides is 1. The summed E-state index contributed by atoms with van der Waals surface area (Å²) in [4.78, 5) is 19.4. The Labute approximate surface area is 143 Å². The number of aliphatic hydroxyl groups excluding tert-OH is 1. The first-order chi connectivity index (χ1) is 11.6. The summed E-state index contributed by atoms with van der Waals surface area (Å²) >= 11 is 0. The van der Waals surface area contributed by atoms with E-state index in [2.05, 4.69) is 29.0 Å². The minimum atomic E-state index is -0.438. The van der Waals surface area contributed by atoms with Crippen molar-refractivity contribution < 1.29 is 9.90 Å². The van der Waals surface area contributed by atoms with Crippen molar-refractivity contribution in [2.45, 2.75) is 31.4 Å². The van der Waals surface area contributed by atoms with Crippen LogP contribution in [0.3, 0.4) is 0 Å². The molecule has 5 heteroatoms. The van der Waals surface area contributed by atoms with Crippen molar-refractivity contribution in [2.75, 3.05) is 46.3 Å². The second kappa shape index (κ2) is 6.47. The topological polar surface area (TPSA) is 47.0 Å². The maximum atomic E-state index is 12.9. The predicted octanol–water partition coefficient (Wildman–Crippen LogP) is 0.608. The zero-order valence-electron chi connectivity index (χ0n) is 14.4. The van der Waals surface area contributed by atoms with Gasteiger partial charge in [-0.1, -0.05) is 6.07 Å². The van der Waals surface area contributed by atoms with E-state index in [-0.39, 0.29) is 11.9 Å². The summed E-state index contributed by atoms with van der Waals surface area (Å²) in [7, 11) is 2.13. The number of likely N-dealkylation sites (tertiary alicyclic amines) is 1. The van der Waals surface area contributed by atoms with Gasteiger partial charge in [-0.3, -0.25) is 9.69 Å². The van der Waals surface area contributed by atoms with E-state index in [9.17, 15) is 9.90 Å². The monoisotopic (exact) mass is 329 g/mol. The van der Waals surface area contributed by atoms with Gasteiger partial charge in [0.2, 0.25) is 0 Å². The van der Waals surface area contributed by atoms with Gasteiger partial charge in [-0.15, -0.1) is 0 Å². The number of fused-ring (bicyclic) bond motifs is 1. The quantitative estimate of drug-likeness (QED) is 0.864. The van der Waals surface area contributed by atoms with E-state index in [0.29, 0.717) is 13.1 Å². The van der Waals surface area contributed by atoms with Gasteiger partial charge in [0.15, 0.2) is 0 Å². The third-order valence-electron chi connectivity index (χ3n) is 5.90. The molecule has 0 bridgehead atoms. The first kappa shape index (κ1) is 16.1. The molecule has 2 heterocycles. The number of β-amino-alcohol motifs (C(OH)–C–C–N with tert-alkyl or cyclic N) is 1. The Morgan fingerprint density at radius 2 is 1.83 bits per heavy atom. The summed E-state index contributed by atoms with van der Waals surface area (Å²) in [6, 6.07) is 6.22. The summed E-state index contributed by atoms with van der Waals surface area (Å²) in [5, 5.41) is 10.5. The highest BCUT2D eigenvalue weighted by molar-refractivity contribution is 5.94. The van der Waals surface area contributed by atoms with Gasteiger partial charge in [-0.05, 0) is 49.6 Å². The van der Waals surface area contributed by atoms with Gasteiger partial charge in [-0.2, -0.15) is 0 Å². The molecule has 0 radical (unpaired) electrons. The lowest BCUT2D eigenvalue weighted by Gasteiger charge is -2.37. The van der Waals surface area contributed by atoms with Crippen LogP contribution in [0.4, 0.5) is 0 Å². The fraction of sp³-hybridized carbons (Fsp3) is 0.632. The van der Waals surface area contributed by atoms with Crippen LogP contribution in [-0.2, 0) is 12.8 Å². The third-order valence-corrected chi connectivity index (χ3v) is 5.90. The Bertz CT molecular complexity index is 625. The third kappa shape index (κ3) is 2.96. The molecule has 0 spiro atoms. The summed E-state index contributed by atoms with van der Waals surface area (Å²) < 4.78 is 0. The Kier molecular flexibility index (Phi) is 4.33. The highest BCUT2D eigenvalue weighted by atomic mass is 16.3. The molecular weight excluding hydrogens is 302 g/mol. The Morgan fingerprint density at radius 1 is 1.08 bits per heavy atom. The average Bonchev–Trinajstić information content (AvgIpc) is 3.20. The number of benzene rings is 1. The molecule has 2 atom stereocenters. The number of nitrogens with zero attached hydrogens (tertiary/aromatic N) is 3. The highest BCUT2D eigenvalue weighted by Crippen LogP contribution is 2.25. The number of aliphatic hydroxyl groups is 1. The van der Waals surface area contributed by atoms with Crippen LogP contribution in [0.25, 0.3) is 0 Å². The minimum absolute atomic E-state index is 0.0698. The number of rotatable bonds is 2. The molecule has 1 N–H and O–H groups in total. The molecule has 1 aromatic rings. The van der Waals surface area contributed by atoms with E-state index in [1.54, 1.807) is 0 Å². The van der Waals surface area contributed by atoms with Crippen LogP contribution in [0.15, 0.2) is 18.2 Å². The molecule has 5 nitrogen and oxygen atoms in total. The Morgan fingerprint density at radius 3 is 2.62 bits per heavy atom. The molecule has 2 aliphatic heterocycles. The van der Waals surface area contributed by atoms with Crippen molar-refractivity contribution in [3.63, 3.8) is 0 Å². The lowest BCUT2D eigenvalue weighted by Crippen LogP contribution is -2.52. The fourth-order valence-electron chi connectivity index (χ4n) is 4.34. The molecule has 130 valence electrons. The van der Waals surface area contributed by atoms with Crippen molar-refractivity contribution in [2.24, 2.45) is 0 Å². The van der Waals surface area contributed by atoms with Gasteiger partial charge in [0.25, 0.3) is 5.91 Å². The van der Waals surface area contributed by atoms with Crippen LogP contribution in [0.2, 0.25) is 0 Å². The summed E-state index contributed by atoms with van der Waals surface area (Å²) in [5.74, 6) is 0.0698. The molecule has 2 fully saturated rings. The van der Waals surface area contributed by atoms with Gasteiger partial charge >= 0.3 is 0 Å². The van der Waals surface area contributed by atoms with Crippen molar-refractivity contribution in [1.29, 1.82) is 0 Å². The molecule has 1 aliphatic carbocycles. The highest BCUT2D eigenvalue weighted by Gasteiger charge is 2.38. The summed E-state index contributed by atoms with van der Waals surface area (Å²) in [6.07, 6.45) is 2.98. The lowest BCUT2D eigenvalue weighted by molar-refractivity contribution is 0.0512. The van der Waals surface area contributed by atoms with E-state index >= 15 is 0 Å². The van der Waals surface area contributed by atoms with Gasteiger partial charge in [0.05, 0.1) is 12.1 Å². The van der Waals surface area contributed by atoms with Gasteiger partial charge < -0.3 is 14.9 Å². The number of hydrogen-bond acceptors (Lipinski definition) is 4. The maximum absolute atomic E-state index is 12.9. The van der Waals surface area contributed by atoms with Crippen LogP contribution in [0.5, 0.6) is 0 Å². The van der Waals surface area contributed by atoms with Crippen LogP contribution in [-0.4, -0.2) is 84.2 Å². The molecule has 3 aliphatic rings. The smallest absolute Gasteiger partial charge is 0.254 e. The number of likely N-dealkylation sites (N-methyl/N-ethyl adjacent to an activating group) is 1. The number of piperazine rings is 1. The normalized spacial score (nSPS) is 28.3. The summed E-state index contributed by atoms with van der Waals surface area (Å²) in [6.45, 7) is 5.09. The van der Waals surface area contributed by atoms with Crippen molar-refractivity contribution in [3.05, 3.63) is 34.9 Å². The standard InChI is InChI=1S/C19H27N3O2/c1-20-7-9-21(10-8-20)17-12-22(13-18(17)23)19(24)16-6-5-14-3-2-4-15(14)11-16/h5-6,11,17-18,23H,2-4,7-10,12-13H2,1H3/t17-,18-/m1/s1. The molecule has 1 amide bonds. The van der Waals surface area contributed by atoms with Crippen molar-refractivity contribution in [1.82, 2.24) is 14.7 Å². The molecule has 1 aromatic carbocycles. The van der Waals surface area contributed by atoms with Gasteiger partial charge in [0, 0.05) is 44.8 Å². The SMILES string of the molecule is CN1CCN([C@@H]2CN(C(=O)c3ccc4c(c3)CCC4)C[C@H]2O)CC1. The second-order valence-electron chi connectivity index (χ2n) is 7.52. The van der Waals surface area contributed by atoms with Crippen molar-refractivity contribution >= 4 is 5.91 Å². The van der Waals surface area contributed by atoms with Crippen LogP contribution < -0.4 is 0 Å². The van der Waals surface area contributed by atoms with E-state index < -0.39 is 6.10 Å². The molecule has 4 rings (SSSR count). The van der Waals surface area contributed by atoms with E-state index in [1.165, 1.54) is 17.5 Å². The molecule has 0 aromatic heterocycles. The van der Waals surface area contributed by atoms with Gasteiger partial charge in [0.1, 0.15) is 0 Å². The average molecular weight is 329 g/mol. The Balaban J connectivity index is 1.44. The predicted molar refractivity (Wildman–Crippen MR) is 93.2 cm³/mol. The van der Waals surface area contributed by atoms with Crippen LogP contribution >= 0.6 is 0 Å². The maximum Gasteiger partial charge on any atom is 0.254 e. The van der Waals surface area contributed by atoms with E-state index in [1.807, 2.05) is 11.0 Å². The number of hydrogen-bond donors (Lipinski definition) is 1. The number of aryl methyl sites for hydroxylation is 2.